The monoisotopic (exact) mass is 354 g/mol. The van der Waals surface area contributed by atoms with E-state index < -0.39 is 0 Å². The second-order valence-corrected chi connectivity index (χ2v) is 10.4. The Hall–Kier alpha value is -0.520. The van der Waals surface area contributed by atoms with Crippen molar-refractivity contribution in [3.63, 3.8) is 0 Å². The van der Waals surface area contributed by atoms with E-state index in [1.165, 1.54) is 103 Å². The van der Waals surface area contributed by atoms with Crippen molar-refractivity contribution in [1.82, 2.24) is 0 Å². The predicted octanol–water partition coefficient (Wildman–Crippen LogP) is 8.09. The van der Waals surface area contributed by atoms with Gasteiger partial charge in [-0.3, -0.25) is 0 Å². The molecule has 26 heavy (non-hydrogen) atoms. The Morgan fingerprint density at radius 1 is 0.423 bits per heavy atom. The molecule has 0 nitrogen and oxygen atoms in total. The maximum atomic E-state index is 4.65. The number of hydrogen-bond acceptors (Lipinski definition) is 0. The van der Waals surface area contributed by atoms with Gasteiger partial charge in [-0.05, 0) is 99.7 Å². The van der Waals surface area contributed by atoms with E-state index in [1.54, 1.807) is 11.1 Å². The summed E-state index contributed by atoms with van der Waals surface area (Å²) in [5.41, 5.74) is 3.33. The quantitative estimate of drug-likeness (QED) is 0.447. The third kappa shape index (κ3) is 4.15. The Labute approximate surface area is 162 Å². The van der Waals surface area contributed by atoms with Gasteiger partial charge in [0.2, 0.25) is 0 Å². The third-order valence-corrected chi connectivity index (χ3v) is 8.92. The molecular formula is C26H42. The van der Waals surface area contributed by atoms with Crippen LogP contribution in [0.1, 0.15) is 103 Å². The van der Waals surface area contributed by atoms with Crippen LogP contribution in [0.2, 0.25) is 0 Å². The Balaban J connectivity index is 1.34. The zero-order chi connectivity index (χ0) is 17.9. The molecule has 4 fully saturated rings. The highest BCUT2D eigenvalue weighted by molar-refractivity contribution is 5.12. The first-order valence-electron chi connectivity index (χ1n) is 12.1. The average Bonchev–Trinajstić information content (AvgIpc) is 2.73. The molecule has 0 aromatic heterocycles. The van der Waals surface area contributed by atoms with E-state index in [-0.39, 0.29) is 0 Å². The number of rotatable bonds is 4. The highest BCUT2D eigenvalue weighted by atomic mass is 14.4. The number of fused-ring (bicyclic) bond motifs is 1. The van der Waals surface area contributed by atoms with Crippen LogP contribution in [0.25, 0.3) is 0 Å². The zero-order valence-corrected chi connectivity index (χ0v) is 17.2. The lowest BCUT2D eigenvalue weighted by atomic mass is 9.60. The van der Waals surface area contributed by atoms with Crippen LogP contribution < -0.4 is 0 Å². The summed E-state index contributed by atoms with van der Waals surface area (Å²) in [6.07, 6.45) is 23.3. The minimum Gasteiger partial charge on any atom is -0.0993 e. The summed E-state index contributed by atoms with van der Waals surface area (Å²) >= 11 is 0. The normalized spacial score (nSPS) is 37.1. The highest BCUT2D eigenvalue weighted by Crippen LogP contribution is 2.50. The van der Waals surface area contributed by atoms with Gasteiger partial charge in [0.25, 0.3) is 0 Å². The van der Waals surface area contributed by atoms with Crippen LogP contribution in [0.4, 0.5) is 0 Å². The van der Waals surface area contributed by atoms with Gasteiger partial charge in [0.05, 0.1) is 0 Å². The molecule has 0 aromatic carbocycles. The molecule has 4 aliphatic rings. The smallest absolute Gasteiger partial charge is 0.0200 e. The first-order valence-corrected chi connectivity index (χ1v) is 12.1. The Bertz CT molecular complexity index is 444. The van der Waals surface area contributed by atoms with Crippen molar-refractivity contribution >= 4 is 0 Å². The molecule has 0 amide bonds. The molecule has 4 saturated carbocycles. The van der Waals surface area contributed by atoms with Crippen LogP contribution in [0.15, 0.2) is 24.3 Å². The van der Waals surface area contributed by atoms with Crippen molar-refractivity contribution in [1.29, 1.82) is 0 Å². The molecule has 0 saturated heterocycles. The lowest BCUT2D eigenvalue weighted by Gasteiger charge is -2.45. The van der Waals surface area contributed by atoms with Crippen LogP contribution in [0, 0.1) is 35.5 Å². The summed E-state index contributed by atoms with van der Waals surface area (Å²) in [7, 11) is 0. The Kier molecular flexibility index (Phi) is 6.27. The largest absolute Gasteiger partial charge is 0.0993 e. The second kappa shape index (κ2) is 8.66. The van der Waals surface area contributed by atoms with Gasteiger partial charge in [-0.2, -0.15) is 0 Å². The second-order valence-electron chi connectivity index (χ2n) is 10.4. The average molecular weight is 355 g/mol. The lowest BCUT2D eigenvalue weighted by Crippen LogP contribution is -2.34. The summed E-state index contributed by atoms with van der Waals surface area (Å²) in [5.74, 6) is 5.43. The topological polar surface area (TPSA) is 0 Å². The van der Waals surface area contributed by atoms with E-state index in [9.17, 15) is 0 Å². The highest BCUT2D eigenvalue weighted by Gasteiger charge is 2.38. The van der Waals surface area contributed by atoms with Gasteiger partial charge in [-0.15, -0.1) is 0 Å². The molecule has 0 radical (unpaired) electrons. The van der Waals surface area contributed by atoms with Gasteiger partial charge in [-0.1, -0.05) is 62.8 Å². The minimum atomic E-state index is 0.848. The van der Waals surface area contributed by atoms with Crippen molar-refractivity contribution < 1.29 is 0 Å². The van der Waals surface area contributed by atoms with Crippen molar-refractivity contribution in [2.24, 2.45) is 35.5 Å². The number of hydrogen-bond donors (Lipinski definition) is 0. The van der Waals surface area contributed by atoms with Crippen molar-refractivity contribution in [2.45, 2.75) is 103 Å². The maximum absolute atomic E-state index is 4.65. The van der Waals surface area contributed by atoms with Gasteiger partial charge in [0, 0.05) is 0 Å². The van der Waals surface area contributed by atoms with Gasteiger partial charge in [0.1, 0.15) is 0 Å². The standard InChI is InChI=1S/C26H42/c1-19(21-9-5-3-6-10-21)24-15-13-23-14-16-25(18-26(23)17-24)20(2)22-11-7-4-8-12-22/h21-26H,1-18H2. The zero-order valence-electron chi connectivity index (χ0n) is 17.2. The summed E-state index contributed by atoms with van der Waals surface area (Å²) < 4.78 is 0. The van der Waals surface area contributed by atoms with Crippen LogP contribution >= 0.6 is 0 Å². The predicted molar refractivity (Wildman–Crippen MR) is 113 cm³/mol. The van der Waals surface area contributed by atoms with E-state index in [0.717, 1.165) is 35.5 Å². The molecule has 4 rings (SSSR count). The van der Waals surface area contributed by atoms with Crippen molar-refractivity contribution in [3.8, 4) is 0 Å². The summed E-state index contributed by atoms with van der Waals surface area (Å²) in [4.78, 5) is 0. The maximum Gasteiger partial charge on any atom is -0.0200 e. The Morgan fingerprint density at radius 2 is 0.846 bits per heavy atom. The molecule has 0 bridgehead atoms. The molecule has 146 valence electrons. The fourth-order valence-corrected chi connectivity index (χ4v) is 7.18. The molecule has 2 unspecified atom stereocenters. The summed E-state index contributed by atoms with van der Waals surface area (Å²) in [5, 5.41) is 0. The van der Waals surface area contributed by atoms with Gasteiger partial charge >= 0.3 is 0 Å². The molecule has 0 N–H and O–H groups in total. The van der Waals surface area contributed by atoms with Crippen LogP contribution in [-0.2, 0) is 0 Å². The fraction of sp³-hybridized carbons (Fsp3) is 0.846. The van der Waals surface area contributed by atoms with E-state index in [2.05, 4.69) is 13.2 Å². The summed E-state index contributed by atoms with van der Waals surface area (Å²) in [6.45, 7) is 9.30. The lowest BCUT2D eigenvalue weighted by molar-refractivity contribution is 0.110. The fourth-order valence-electron chi connectivity index (χ4n) is 7.18. The van der Waals surface area contributed by atoms with Gasteiger partial charge in [0.15, 0.2) is 0 Å². The van der Waals surface area contributed by atoms with Crippen molar-refractivity contribution in [2.75, 3.05) is 0 Å². The van der Waals surface area contributed by atoms with Crippen LogP contribution in [0.5, 0.6) is 0 Å². The summed E-state index contributed by atoms with van der Waals surface area (Å²) in [6, 6.07) is 0. The van der Waals surface area contributed by atoms with Crippen molar-refractivity contribution in [3.05, 3.63) is 24.3 Å². The first kappa shape index (κ1) is 18.8. The van der Waals surface area contributed by atoms with Crippen LogP contribution in [-0.4, -0.2) is 0 Å². The van der Waals surface area contributed by atoms with E-state index >= 15 is 0 Å². The van der Waals surface area contributed by atoms with Gasteiger partial charge in [-0.25, -0.2) is 0 Å². The third-order valence-electron chi connectivity index (χ3n) is 8.92. The van der Waals surface area contributed by atoms with Crippen LogP contribution in [0.3, 0.4) is 0 Å². The first-order chi connectivity index (χ1) is 12.7. The number of allylic oxidation sites excluding steroid dienone is 2. The minimum absolute atomic E-state index is 0.848. The molecule has 0 heterocycles. The SMILES string of the molecule is C=C(C1CCCCC1)C1CCC2CCC(C(=C)C3CCCCC3)CC2C1. The molecule has 4 aliphatic carbocycles. The van der Waals surface area contributed by atoms with E-state index in [4.69, 9.17) is 0 Å². The van der Waals surface area contributed by atoms with E-state index in [0.29, 0.717) is 0 Å². The molecule has 2 atom stereocenters. The molecule has 0 spiro atoms. The van der Waals surface area contributed by atoms with Gasteiger partial charge < -0.3 is 0 Å². The molecule has 0 heteroatoms. The Morgan fingerprint density at radius 3 is 1.27 bits per heavy atom. The molecule has 0 aliphatic heterocycles. The van der Waals surface area contributed by atoms with E-state index in [1.807, 2.05) is 0 Å². The molecule has 0 aromatic rings. The molecular weight excluding hydrogens is 312 g/mol.